The van der Waals surface area contributed by atoms with Crippen LogP contribution in [-0.2, 0) is 16.1 Å². The van der Waals surface area contributed by atoms with Crippen LogP contribution < -0.4 is 10.6 Å². The van der Waals surface area contributed by atoms with Crippen LogP contribution in [0.1, 0.15) is 26.3 Å². The van der Waals surface area contributed by atoms with E-state index in [2.05, 4.69) is 17.2 Å². The van der Waals surface area contributed by atoms with Crippen molar-refractivity contribution >= 4 is 23.4 Å². The predicted molar refractivity (Wildman–Crippen MR) is 110 cm³/mol. The highest BCUT2D eigenvalue weighted by molar-refractivity contribution is 6.09. The highest BCUT2D eigenvalue weighted by atomic mass is 16.5. The Bertz CT molecular complexity index is 903. The Balaban J connectivity index is 1.68. The molecule has 0 aliphatic carbocycles. The van der Waals surface area contributed by atoms with Gasteiger partial charge >= 0.3 is 0 Å². The third-order valence-electron chi connectivity index (χ3n) is 4.57. The number of rotatable bonds is 6. The van der Waals surface area contributed by atoms with Crippen molar-refractivity contribution in [3.05, 3.63) is 77.9 Å². The van der Waals surface area contributed by atoms with Gasteiger partial charge < -0.3 is 20.3 Å². The molecule has 0 unspecified atom stereocenters. The molecule has 1 saturated heterocycles. The van der Waals surface area contributed by atoms with Crippen LogP contribution in [0.25, 0.3) is 0 Å². The second kappa shape index (κ2) is 9.66. The van der Waals surface area contributed by atoms with Crippen LogP contribution in [0.15, 0.2) is 61.2 Å². The zero-order valence-corrected chi connectivity index (χ0v) is 16.0. The Labute approximate surface area is 169 Å². The molecule has 0 spiro atoms. The highest BCUT2D eigenvalue weighted by Gasteiger charge is 2.21. The lowest BCUT2D eigenvalue weighted by Gasteiger charge is -2.27. The molecule has 0 bridgehead atoms. The van der Waals surface area contributed by atoms with Gasteiger partial charge in [-0.15, -0.1) is 0 Å². The van der Waals surface area contributed by atoms with Crippen LogP contribution >= 0.6 is 0 Å². The molecular formula is C22H23N3O4. The van der Waals surface area contributed by atoms with Crippen molar-refractivity contribution in [2.75, 3.05) is 31.6 Å². The third-order valence-corrected chi connectivity index (χ3v) is 4.57. The van der Waals surface area contributed by atoms with Gasteiger partial charge in [0.1, 0.15) is 0 Å². The molecule has 0 aromatic heterocycles. The highest BCUT2D eigenvalue weighted by Crippen LogP contribution is 2.19. The molecule has 2 aromatic rings. The van der Waals surface area contributed by atoms with Crippen molar-refractivity contribution in [1.82, 2.24) is 10.2 Å². The molecule has 0 radical (unpaired) electrons. The van der Waals surface area contributed by atoms with E-state index in [4.69, 9.17) is 4.74 Å². The second-order valence-corrected chi connectivity index (χ2v) is 6.52. The maximum absolute atomic E-state index is 12.8. The Morgan fingerprint density at radius 2 is 1.72 bits per heavy atom. The summed E-state index contributed by atoms with van der Waals surface area (Å²) in [5.74, 6) is -0.695. The van der Waals surface area contributed by atoms with Gasteiger partial charge in [0, 0.05) is 25.2 Å². The van der Waals surface area contributed by atoms with Gasteiger partial charge in [-0.3, -0.25) is 14.4 Å². The molecule has 1 aliphatic rings. The quantitative estimate of drug-likeness (QED) is 0.737. The lowest BCUT2D eigenvalue weighted by atomic mass is 10.1. The first-order valence-corrected chi connectivity index (χ1v) is 9.35. The summed E-state index contributed by atoms with van der Waals surface area (Å²) in [6, 6.07) is 13.9. The van der Waals surface area contributed by atoms with Gasteiger partial charge in [0.05, 0.1) is 24.5 Å². The molecule has 0 atom stereocenters. The molecule has 1 heterocycles. The van der Waals surface area contributed by atoms with Crippen LogP contribution in [0.4, 0.5) is 5.69 Å². The first-order valence-electron chi connectivity index (χ1n) is 9.35. The predicted octanol–water partition coefficient (Wildman–Crippen LogP) is 2.21. The molecule has 7 heteroatoms. The topological polar surface area (TPSA) is 87.7 Å². The van der Waals surface area contributed by atoms with Crippen LogP contribution in [0.2, 0.25) is 0 Å². The van der Waals surface area contributed by atoms with E-state index in [-0.39, 0.29) is 17.7 Å². The summed E-state index contributed by atoms with van der Waals surface area (Å²) in [4.78, 5) is 38.4. The Morgan fingerprint density at radius 1 is 1.03 bits per heavy atom. The zero-order valence-electron chi connectivity index (χ0n) is 16.0. The number of hydrogen-bond acceptors (Lipinski definition) is 4. The number of carbonyl (C=O) groups is 3. The number of morpholine rings is 1. The minimum atomic E-state index is -0.311. The molecule has 7 nitrogen and oxygen atoms in total. The average molecular weight is 393 g/mol. The SMILES string of the molecule is C=CC(=O)NCc1ccc(C(=O)Nc2ccccc2C(=O)N2CCOCC2)cc1. The molecule has 1 aliphatic heterocycles. The summed E-state index contributed by atoms with van der Waals surface area (Å²) >= 11 is 0. The normalized spacial score (nSPS) is 13.4. The van der Waals surface area contributed by atoms with Crippen LogP contribution in [0.5, 0.6) is 0 Å². The van der Waals surface area contributed by atoms with E-state index in [1.807, 2.05) is 0 Å². The smallest absolute Gasteiger partial charge is 0.256 e. The molecule has 0 saturated carbocycles. The van der Waals surface area contributed by atoms with Crippen molar-refractivity contribution < 1.29 is 19.1 Å². The summed E-state index contributed by atoms with van der Waals surface area (Å²) in [5, 5.41) is 5.50. The van der Waals surface area contributed by atoms with Gasteiger partial charge in [-0.1, -0.05) is 30.8 Å². The fourth-order valence-corrected chi connectivity index (χ4v) is 2.95. The number of para-hydroxylation sites is 1. The molecule has 3 amide bonds. The lowest BCUT2D eigenvalue weighted by Crippen LogP contribution is -2.41. The molecule has 29 heavy (non-hydrogen) atoms. The van der Waals surface area contributed by atoms with Gasteiger partial charge in [0.25, 0.3) is 11.8 Å². The van der Waals surface area contributed by atoms with Gasteiger partial charge in [-0.2, -0.15) is 0 Å². The maximum atomic E-state index is 12.8. The van der Waals surface area contributed by atoms with E-state index < -0.39 is 0 Å². The first-order chi connectivity index (χ1) is 14.1. The molecule has 3 rings (SSSR count). The Kier molecular flexibility index (Phi) is 6.76. The van der Waals surface area contributed by atoms with Crippen molar-refractivity contribution in [2.24, 2.45) is 0 Å². The minimum absolute atomic E-state index is 0.127. The Morgan fingerprint density at radius 3 is 2.41 bits per heavy atom. The van der Waals surface area contributed by atoms with Crippen LogP contribution in [0.3, 0.4) is 0 Å². The van der Waals surface area contributed by atoms with Gasteiger partial charge in [-0.05, 0) is 35.9 Å². The van der Waals surface area contributed by atoms with Gasteiger partial charge in [0.2, 0.25) is 5.91 Å². The third kappa shape index (κ3) is 5.30. The number of benzene rings is 2. The summed E-state index contributed by atoms with van der Waals surface area (Å²) in [6.07, 6.45) is 1.21. The van der Waals surface area contributed by atoms with E-state index in [0.29, 0.717) is 49.7 Å². The van der Waals surface area contributed by atoms with Crippen molar-refractivity contribution in [3.63, 3.8) is 0 Å². The van der Waals surface area contributed by atoms with Gasteiger partial charge in [0.15, 0.2) is 0 Å². The van der Waals surface area contributed by atoms with Crippen molar-refractivity contribution in [3.8, 4) is 0 Å². The van der Waals surface area contributed by atoms with Crippen LogP contribution in [0, 0.1) is 0 Å². The number of ether oxygens (including phenoxy) is 1. The first kappa shape index (κ1) is 20.3. The zero-order chi connectivity index (χ0) is 20.6. The minimum Gasteiger partial charge on any atom is -0.378 e. The number of anilines is 1. The van der Waals surface area contributed by atoms with E-state index in [9.17, 15) is 14.4 Å². The average Bonchev–Trinajstić information content (AvgIpc) is 2.78. The summed E-state index contributed by atoms with van der Waals surface area (Å²) in [5.41, 5.74) is 2.24. The number of nitrogens with one attached hydrogen (secondary N) is 2. The van der Waals surface area contributed by atoms with E-state index in [1.165, 1.54) is 6.08 Å². The monoisotopic (exact) mass is 393 g/mol. The molecule has 150 valence electrons. The van der Waals surface area contributed by atoms with Crippen LogP contribution in [-0.4, -0.2) is 48.9 Å². The summed E-state index contributed by atoms with van der Waals surface area (Å²) in [6.45, 7) is 5.84. The fraction of sp³-hybridized carbons (Fsp3) is 0.227. The molecule has 2 aromatic carbocycles. The van der Waals surface area contributed by atoms with Crippen molar-refractivity contribution in [2.45, 2.75) is 6.54 Å². The van der Waals surface area contributed by atoms with E-state index in [1.54, 1.807) is 53.4 Å². The Hall–Kier alpha value is -3.45. The van der Waals surface area contributed by atoms with Crippen molar-refractivity contribution in [1.29, 1.82) is 0 Å². The number of hydrogen-bond donors (Lipinski definition) is 2. The second-order valence-electron chi connectivity index (χ2n) is 6.52. The standard InChI is InChI=1S/C22H23N3O4/c1-2-20(26)23-15-16-7-9-17(10-8-16)21(27)24-19-6-4-3-5-18(19)22(28)25-11-13-29-14-12-25/h2-10H,1,11-15H2,(H,23,26)(H,24,27). The number of amides is 3. The molecule has 1 fully saturated rings. The lowest BCUT2D eigenvalue weighted by molar-refractivity contribution is -0.116. The largest absolute Gasteiger partial charge is 0.378 e. The van der Waals surface area contributed by atoms with Gasteiger partial charge in [-0.25, -0.2) is 0 Å². The number of carbonyl (C=O) groups excluding carboxylic acids is 3. The number of nitrogens with zero attached hydrogens (tertiary/aromatic N) is 1. The fourth-order valence-electron chi connectivity index (χ4n) is 2.95. The maximum Gasteiger partial charge on any atom is 0.256 e. The summed E-state index contributed by atoms with van der Waals surface area (Å²) in [7, 11) is 0. The van der Waals surface area contributed by atoms with E-state index >= 15 is 0 Å². The molecule has 2 N–H and O–H groups in total. The summed E-state index contributed by atoms with van der Waals surface area (Å²) < 4.78 is 5.29. The molecular weight excluding hydrogens is 370 g/mol. The van der Waals surface area contributed by atoms with E-state index in [0.717, 1.165) is 5.56 Å².